The van der Waals surface area contributed by atoms with E-state index in [9.17, 15) is 4.79 Å². The van der Waals surface area contributed by atoms with Gasteiger partial charge in [-0.05, 0) is 43.7 Å². The van der Waals surface area contributed by atoms with Crippen molar-refractivity contribution in [2.45, 2.75) is 13.8 Å². The number of hydrogen-bond donors (Lipinski definition) is 2. The highest BCUT2D eigenvalue weighted by molar-refractivity contribution is 6.05. The lowest BCUT2D eigenvalue weighted by Gasteiger charge is -2.10. The summed E-state index contributed by atoms with van der Waals surface area (Å²) in [6.45, 7) is 3.52. The first-order valence-electron chi connectivity index (χ1n) is 6.55. The Bertz CT molecular complexity index is 727. The molecule has 0 aliphatic rings. The van der Waals surface area contributed by atoms with Gasteiger partial charge >= 0.3 is 0 Å². The number of nitrogens with one attached hydrogen (secondary N) is 1. The van der Waals surface area contributed by atoms with Crippen LogP contribution in [-0.4, -0.2) is 22.6 Å². The molecule has 4 heteroatoms. The van der Waals surface area contributed by atoms with Crippen LogP contribution in [0.4, 0.5) is 5.69 Å². The lowest BCUT2D eigenvalue weighted by atomic mass is 10.1. The summed E-state index contributed by atoms with van der Waals surface area (Å²) in [4.78, 5) is 16.4. The Morgan fingerprint density at radius 3 is 2.86 bits per heavy atom. The minimum atomic E-state index is -0.198. The zero-order valence-electron chi connectivity index (χ0n) is 12.0. The lowest BCUT2D eigenvalue weighted by Crippen LogP contribution is -2.14. The molecule has 1 heterocycles. The molecule has 1 aromatic heterocycles. The summed E-state index contributed by atoms with van der Waals surface area (Å²) >= 11 is 0. The fraction of sp³-hybridized carbons (Fsp3) is 0.176. The average Bonchev–Trinajstić information content (AvgIpc) is 2.48. The number of benzene rings is 1. The number of aliphatic hydroxyl groups is 1. The van der Waals surface area contributed by atoms with Crippen LogP contribution in [0.3, 0.4) is 0 Å². The second-order valence-electron chi connectivity index (χ2n) is 4.58. The summed E-state index contributed by atoms with van der Waals surface area (Å²) in [5.41, 5.74) is 3.62. The standard InChI is InChI=1S/C17H16N2O2/c1-12-7-8-14(5-4-10-20)11-16(12)19-17(21)15-6-3-9-18-13(15)2/h3,6-9,11,20H,10H2,1-2H3,(H,19,21). The van der Waals surface area contributed by atoms with Gasteiger partial charge in [0.05, 0.1) is 5.56 Å². The molecule has 0 aliphatic carbocycles. The number of aromatic nitrogens is 1. The number of aryl methyl sites for hydroxylation is 2. The number of nitrogens with zero attached hydrogens (tertiary/aromatic N) is 1. The molecule has 0 aliphatic heterocycles. The normalized spacial score (nSPS) is 9.67. The predicted molar refractivity (Wildman–Crippen MR) is 82.1 cm³/mol. The number of rotatable bonds is 2. The molecule has 0 bridgehead atoms. The first kappa shape index (κ1) is 14.8. The van der Waals surface area contributed by atoms with E-state index in [1.807, 2.05) is 19.1 Å². The van der Waals surface area contributed by atoms with Crippen LogP contribution in [0.25, 0.3) is 0 Å². The maximum Gasteiger partial charge on any atom is 0.257 e. The van der Waals surface area contributed by atoms with Gasteiger partial charge < -0.3 is 10.4 Å². The third-order valence-electron chi connectivity index (χ3n) is 3.05. The largest absolute Gasteiger partial charge is 0.384 e. The van der Waals surface area contributed by atoms with E-state index in [0.717, 1.165) is 11.1 Å². The topological polar surface area (TPSA) is 62.2 Å². The van der Waals surface area contributed by atoms with E-state index in [0.29, 0.717) is 16.9 Å². The first-order chi connectivity index (χ1) is 10.1. The minimum absolute atomic E-state index is 0.190. The monoisotopic (exact) mass is 280 g/mol. The van der Waals surface area contributed by atoms with E-state index in [-0.39, 0.29) is 12.5 Å². The van der Waals surface area contributed by atoms with Crippen molar-refractivity contribution < 1.29 is 9.90 Å². The van der Waals surface area contributed by atoms with E-state index in [2.05, 4.69) is 22.1 Å². The third kappa shape index (κ3) is 3.68. The Morgan fingerprint density at radius 2 is 2.14 bits per heavy atom. The number of pyridine rings is 1. The molecular formula is C17H16N2O2. The molecule has 0 saturated carbocycles. The first-order valence-corrected chi connectivity index (χ1v) is 6.55. The Balaban J connectivity index is 2.27. The van der Waals surface area contributed by atoms with Crippen LogP contribution in [0.5, 0.6) is 0 Å². The zero-order valence-corrected chi connectivity index (χ0v) is 12.0. The number of amides is 1. The van der Waals surface area contributed by atoms with Gasteiger partial charge in [0.15, 0.2) is 0 Å². The van der Waals surface area contributed by atoms with Crippen molar-refractivity contribution in [3.8, 4) is 11.8 Å². The van der Waals surface area contributed by atoms with Gasteiger partial charge in [0.2, 0.25) is 0 Å². The molecule has 106 valence electrons. The Hall–Kier alpha value is -2.64. The summed E-state index contributed by atoms with van der Waals surface area (Å²) in [6.07, 6.45) is 1.66. The maximum atomic E-state index is 12.3. The summed E-state index contributed by atoms with van der Waals surface area (Å²) in [7, 11) is 0. The van der Waals surface area contributed by atoms with Gasteiger partial charge in [-0.1, -0.05) is 17.9 Å². The van der Waals surface area contributed by atoms with E-state index < -0.39 is 0 Å². The van der Waals surface area contributed by atoms with Crippen molar-refractivity contribution in [2.75, 3.05) is 11.9 Å². The minimum Gasteiger partial charge on any atom is -0.384 e. The van der Waals surface area contributed by atoms with E-state index in [4.69, 9.17) is 5.11 Å². The molecule has 2 rings (SSSR count). The second kappa shape index (κ2) is 6.69. The molecule has 0 atom stereocenters. The predicted octanol–water partition coefficient (Wildman–Crippen LogP) is 2.29. The van der Waals surface area contributed by atoms with Crippen LogP contribution in [0, 0.1) is 25.7 Å². The molecule has 0 fully saturated rings. The van der Waals surface area contributed by atoms with E-state index in [1.54, 1.807) is 31.3 Å². The third-order valence-corrected chi connectivity index (χ3v) is 3.05. The quantitative estimate of drug-likeness (QED) is 0.830. The van der Waals surface area contributed by atoms with Gasteiger partial charge in [0.1, 0.15) is 6.61 Å². The molecule has 21 heavy (non-hydrogen) atoms. The molecule has 0 unspecified atom stereocenters. The fourth-order valence-electron chi connectivity index (χ4n) is 1.89. The number of hydrogen-bond acceptors (Lipinski definition) is 3. The van der Waals surface area contributed by atoms with Gasteiger partial charge in [-0.3, -0.25) is 9.78 Å². The van der Waals surface area contributed by atoms with Gasteiger partial charge in [0.25, 0.3) is 5.91 Å². The fourth-order valence-corrected chi connectivity index (χ4v) is 1.89. The number of carbonyl (C=O) groups is 1. The van der Waals surface area contributed by atoms with E-state index in [1.165, 1.54) is 0 Å². The van der Waals surface area contributed by atoms with Gasteiger partial charge in [-0.2, -0.15) is 0 Å². The number of carbonyl (C=O) groups excluding carboxylic acids is 1. The summed E-state index contributed by atoms with van der Waals surface area (Å²) in [6, 6.07) is 9.00. The average molecular weight is 280 g/mol. The molecule has 0 saturated heterocycles. The van der Waals surface area contributed by atoms with E-state index >= 15 is 0 Å². The summed E-state index contributed by atoms with van der Waals surface area (Å²) in [5.74, 6) is 5.21. The SMILES string of the molecule is Cc1ccc(C#CCO)cc1NC(=O)c1cccnc1C. The van der Waals surface area contributed by atoms with Crippen molar-refractivity contribution in [3.05, 3.63) is 58.9 Å². The molecule has 1 aromatic carbocycles. The Morgan fingerprint density at radius 1 is 1.33 bits per heavy atom. The molecule has 4 nitrogen and oxygen atoms in total. The van der Waals surface area contributed by atoms with Crippen LogP contribution in [0.2, 0.25) is 0 Å². The molecular weight excluding hydrogens is 264 g/mol. The molecule has 1 amide bonds. The van der Waals surface area contributed by atoms with Crippen LogP contribution in [-0.2, 0) is 0 Å². The van der Waals surface area contributed by atoms with Gasteiger partial charge in [0, 0.05) is 23.1 Å². The number of anilines is 1. The lowest BCUT2D eigenvalue weighted by molar-refractivity contribution is 0.102. The Kier molecular flexibility index (Phi) is 4.70. The van der Waals surface area contributed by atoms with Gasteiger partial charge in [-0.15, -0.1) is 0 Å². The summed E-state index contributed by atoms with van der Waals surface area (Å²) < 4.78 is 0. The molecule has 0 spiro atoms. The van der Waals surface area contributed by atoms with Crippen molar-refractivity contribution >= 4 is 11.6 Å². The van der Waals surface area contributed by atoms with Crippen LogP contribution in [0.15, 0.2) is 36.5 Å². The highest BCUT2D eigenvalue weighted by Gasteiger charge is 2.10. The second-order valence-corrected chi connectivity index (χ2v) is 4.58. The highest BCUT2D eigenvalue weighted by Crippen LogP contribution is 2.18. The van der Waals surface area contributed by atoms with Crippen LogP contribution >= 0.6 is 0 Å². The van der Waals surface area contributed by atoms with Gasteiger partial charge in [-0.25, -0.2) is 0 Å². The van der Waals surface area contributed by atoms with Crippen molar-refractivity contribution in [3.63, 3.8) is 0 Å². The Labute approximate surface area is 123 Å². The number of aliphatic hydroxyl groups excluding tert-OH is 1. The smallest absolute Gasteiger partial charge is 0.257 e. The molecule has 2 aromatic rings. The molecule has 2 N–H and O–H groups in total. The van der Waals surface area contributed by atoms with Crippen molar-refractivity contribution in [1.82, 2.24) is 4.98 Å². The summed E-state index contributed by atoms with van der Waals surface area (Å²) in [5, 5.41) is 11.6. The van der Waals surface area contributed by atoms with Crippen molar-refractivity contribution in [1.29, 1.82) is 0 Å². The molecule has 0 radical (unpaired) electrons. The van der Waals surface area contributed by atoms with Crippen LogP contribution in [0.1, 0.15) is 27.2 Å². The van der Waals surface area contributed by atoms with Crippen molar-refractivity contribution in [2.24, 2.45) is 0 Å². The van der Waals surface area contributed by atoms with Crippen LogP contribution < -0.4 is 5.32 Å². The highest BCUT2D eigenvalue weighted by atomic mass is 16.2. The zero-order chi connectivity index (χ0) is 15.2. The maximum absolute atomic E-state index is 12.3.